The van der Waals surface area contributed by atoms with E-state index in [0.29, 0.717) is 12.2 Å². The van der Waals surface area contributed by atoms with Crippen LogP contribution in [0.5, 0.6) is 11.5 Å². The van der Waals surface area contributed by atoms with Crippen LogP contribution in [0.15, 0.2) is 48.5 Å². The van der Waals surface area contributed by atoms with Crippen molar-refractivity contribution in [2.75, 3.05) is 23.9 Å². The van der Waals surface area contributed by atoms with E-state index in [1.165, 1.54) is 0 Å². The van der Waals surface area contributed by atoms with E-state index >= 15 is 0 Å². The van der Waals surface area contributed by atoms with Crippen molar-refractivity contribution in [1.29, 1.82) is 0 Å². The third-order valence-corrected chi connectivity index (χ3v) is 4.37. The minimum absolute atomic E-state index is 0.0546. The summed E-state index contributed by atoms with van der Waals surface area (Å²) in [7, 11) is 1.60. The standard InChI is InChI=1S/C21H24N2O4/c1-14(2)27-19-8-4-16(5-9-19)22-21(25)15-12-20(24)23(13-15)17-6-10-18(26-3)11-7-17/h4-11,14-15H,12-13H2,1-3H3,(H,22,25)/t15-/m1/s1. The summed E-state index contributed by atoms with van der Waals surface area (Å²) in [5, 5.41) is 2.88. The van der Waals surface area contributed by atoms with E-state index in [0.717, 1.165) is 17.2 Å². The lowest BCUT2D eigenvalue weighted by Crippen LogP contribution is -2.28. The van der Waals surface area contributed by atoms with Gasteiger partial charge in [0.05, 0.1) is 19.1 Å². The zero-order valence-electron chi connectivity index (χ0n) is 15.8. The van der Waals surface area contributed by atoms with Crippen LogP contribution in [0.3, 0.4) is 0 Å². The van der Waals surface area contributed by atoms with Gasteiger partial charge in [-0.2, -0.15) is 0 Å². The van der Waals surface area contributed by atoms with Gasteiger partial charge in [0.15, 0.2) is 0 Å². The Morgan fingerprint density at radius 2 is 1.70 bits per heavy atom. The van der Waals surface area contributed by atoms with Gasteiger partial charge in [0.25, 0.3) is 0 Å². The molecule has 1 aliphatic heterocycles. The minimum Gasteiger partial charge on any atom is -0.497 e. The zero-order valence-corrected chi connectivity index (χ0v) is 15.8. The topological polar surface area (TPSA) is 67.9 Å². The Kier molecular flexibility index (Phi) is 5.64. The van der Waals surface area contributed by atoms with Crippen LogP contribution in [0.4, 0.5) is 11.4 Å². The number of benzene rings is 2. The molecule has 0 spiro atoms. The number of hydrogen-bond acceptors (Lipinski definition) is 4. The third-order valence-electron chi connectivity index (χ3n) is 4.37. The first-order chi connectivity index (χ1) is 13.0. The van der Waals surface area contributed by atoms with Gasteiger partial charge < -0.3 is 19.7 Å². The molecule has 1 heterocycles. The molecule has 1 aliphatic rings. The number of ether oxygens (including phenoxy) is 2. The summed E-state index contributed by atoms with van der Waals surface area (Å²) in [4.78, 5) is 26.5. The Morgan fingerprint density at radius 3 is 2.30 bits per heavy atom. The first-order valence-corrected chi connectivity index (χ1v) is 8.98. The zero-order chi connectivity index (χ0) is 19.4. The van der Waals surface area contributed by atoms with Gasteiger partial charge in [-0.15, -0.1) is 0 Å². The van der Waals surface area contributed by atoms with Crippen LogP contribution >= 0.6 is 0 Å². The highest BCUT2D eigenvalue weighted by molar-refractivity contribution is 6.03. The SMILES string of the molecule is COc1ccc(N2C[C@H](C(=O)Nc3ccc(OC(C)C)cc3)CC2=O)cc1. The second-order valence-electron chi connectivity index (χ2n) is 6.78. The Labute approximate surface area is 159 Å². The number of nitrogens with zero attached hydrogens (tertiary/aromatic N) is 1. The summed E-state index contributed by atoms with van der Waals surface area (Å²) in [6, 6.07) is 14.5. The Bertz CT molecular complexity index is 800. The molecule has 142 valence electrons. The third kappa shape index (κ3) is 4.58. The molecular weight excluding hydrogens is 344 g/mol. The largest absolute Gasteiger partial charge is 0.497 e. The predicted octanol–water partition coefficient (Wildman–Crippen LogP) is 3.47. The van der Waals surface area contributed by atoms with Gasteiger partial charge in [-0.1, -0.05) is 0 Å². The molecule has 1 fully saturated rings. The number of amides is 2. The van der Waals surface area contributed by atoms with Gasteiger partial charge in [-0.3, -0.25) is 9.59 Å². The lowest BCUT2D eigenvalue weighted by Gasteiger charge is -2.17. The highest BCUT2D eigenvalue weighted by Crippen LogP contribution is 2.28. The smallest absolute Gasteiger partial charge is 0.229 e. The van der Waals surface area contributed by atoms with E-state index in [9.17, 15) is 9.59 Å². The highest BCUT2D eigenvalue weighted by atomic mass is 16.5. The first kappa shape index (κ1) is 18.8. The van der Waals surface area contributed by atoms with Crippen molar-refractivity contribution in [2.24, 2.45) is 5.92 Å². The van der Waals surface area contributed by atoms with Gasteiger partial charge >= 0.3 is 0 Å². The molecule has 0 bridgehead atoms. The van der Waals surface area contributed by atoms with E-state index in [1.54, 1.807) is 36.3 Å². The van der Waals surface area contributed by atoms with Crippen LogP contribution < -0.4 is 19.7 Å². The average molecular weight is 368 g/mol. The van der Waals surface area contributed by atoms with Crippen molar-refractivity contribution < 1.29 is 19.1 Å². The van der Waals surface area contributed by atoms with Gasteiger partial charge in [0.2, 0.25) is 11.8 Å². The summed E-state index contributed by atoms with van der Waals surface area (Å²) in [5.41, 5.74) is 1.46. The summed E-state index contributed by atoms with van der Waals surface area (Å²) in [5.74, 6) is 0.887. The summed E-state index contributed by atoms with van der Waals surface area (Å²) >= 11 is 0. The maximum Gasteiger partial charge on any atom is 0.229 e. The first-order valence-electron chi connectivity index (χ1n) is 8.98. The normalized spacial score (nSPS) is 16.5. The molecule has 1 atom stereocenters. The molecule has 6 nitrogen and oxygen atoms in total. The second-order valence-corrected chi connectivity index (χ2v) is 6.78. The molecule has 2 aromatic carbocycles. The van der Waals surface area contributed by atoms with Crippen molar-refractivity contribution in [3.05, 3.63) is 48.5 Å². The Balaban J connectivity index is 1.61. The Morgan fingerprint density at radius 1 is 1.07 bits per heavy atom. The molecule has 0 aromatic heterocycles. The average Bonchev–Trinajstić information content (AvgIpc) is 3.05. The molecular formula is C21H24N2O4. The fourth-order valence-corrected chi connectivity index (χ4v) is 3.03. The summed E-state index contributed by atoms with van der Waals surface area (Å²) in [6.07, 6.45) is 0.297. The van der Waals surface area contributed by atoms with Crippen LogP contribution in [0.1, 0.15) is 20.3 Å². The lowest BCUT2D eigenvalue weighted by molar-refractivity contribution is -0.122. The number of methoxy groups -OCH3 is 1. The molecule has 0 aliphatic carbocycles. The monoisotopic (exact) mass is 368 g/mol. The van der Waals surface area contributed by atoms with E-state index in [4.69, 9.17) is 9.47 Å². The van der Waals surface area contributed by atoms with E-state index in [-0.39, 0.29) is 30.3 Å². The molecule has 1 N–H and O–H groups in total. The molecule has 2 aromatic rings. The number of carbonyl (C=O) groups excluding carboxylic acids is 2. The molecule has 0 saturated carbocycles. The molecule has 0 unspecified atom stereocenters. The molecule has 27 heavy (non-hydrogen) atoms. The lowest BCUT2D eigenvalue weighted by atomic mass is 10.1. The molecule has 2 amide bonds. The van der Waals surface area contributed by atoms with Crippen LogP contribution in [0.2, 0.25) is 0 Å². The minimum atomic E-state index is -0.383. The Hall–Kier alpha value is -3.02. The number of anilines is 2. The molecule has 3 rings (SSSR count). The summed E-state index contributed by atoms with van der Waals surface area (Å²) < 4.78 is 10.7. The number of carbonyl (C=O) groups is 2. The van der Waals surface area contributed by atoms with Crippen molar-refractivity contribution in [1.82, 2.24) is 0 Å². The summed E-state index contributed by atoms with van der Waals surface area (Å²) in [6.45, 7) is 4.29. The van der Waals surface area contributed by atoms with E-state index in [1.807, 2.05) is 38.1 Å². The van der Waals surface area contributed by atoms with Crippen LogP contribution in [-0.4, -0.2) is 31.6 Å². The van der Waals surface area contributed by atoms with Crippen LogP contribution in [0, 0.1) is 5.92 Å². The maximum absolute atomic E-state index is 12.6. The molecule has 0 radical (unpaired) electrons. The maximum atomic E-state index is 12.6. The number of nitrogens with one attached hydrogen (secondary N) is 1. The van der Waals surface area contributed by atoms with Gasteiger partial charge in [-0.05, 0) is 62.4 Å². The van der Waals surface area contributed by atoms with E-state index in [2.05, 4.69) is 5.32 Å². The predicted molar refractivity (Wildman–Crippen MR) is 104 cm³/mol. The highest BCUT2D eigenvalue weighted by Gasteiger charge is 2.35. The van der Waals surface area contributed by atoms with Gasteiger partial charge in [-0.25, -0.2) is 0 Å². The van der Waals surface area contributed by atoms with Crippen molar-refractivity contribution >= 4 is 23.2 Å². The van der Waals surface area contributed by atoms with Crippen molar-refractivity contribution in [2.45, 2.75) is 26.4 Å². The van der Waals surface area contributed by atoms with Gasteiger partial charge in [0, 0.05) is 24.3 Å². The second kappa shape index (κ2) is 8.12. The van der Waals surface area contributed by atoms with Crippen molar-refractivity contribution in [3.8, 4) is 11.5 Å². The van der Waals surface area contributed by atoms with Crippen LogP contribution in [-0.2, 0) is 9.59 Å². The quantitative estimate of drug-likeness (QED) is 0.848. The van der Waals surface area contributed by atoms with Crippen molar-refractivity contribution in [3.63, 3.8) is 0 Å². The number of rotatable bonds is 6. The number of hydrogen-bond donors (Lipinski definition) is 1. The van der Waals surface area contributed by atoms with Gasteiger partial charge in [0.1, 0.15) is 11.5 Å². The van der Waals surface area contributed by atoms with E-state index < -0.39 is 0 Å². The fourth-order valence-electron chi connectivity index (χ4n) is 3.03. The molecule has 6 heteroatoms. The van der Waals surface area contributed by atoms with Crippen LogP contribution in [0.25, 0.3) is 0 Å². The fraction of sp³-hybridized carbons (Fsp3) is 0.333. The molecule has 1 saturated heterocycles.